The van der Waals surface area contributed by atoms with E-state index in [0.29, 0.717) is 37.7 Å². The van der Waals surface area contributed by atoms with Crippen LogP contribution in [0.15, 0.2) is 60.7 Å². The maximum atomic E-state index is 10.7. The Labute approximate surface area is 207 Å². The summed E-state index contributed by atoms with van der Waals surface area (Å²) in [6.07, 6.45) is 0. The minimum Gasteiger partial charge on any atom is -0.384 e. The molecule has 0 saturated heterocycles. The van der Waals surface area contributed by atoms with E-state index in [1.54, 1.807) is 36.7 Å². The summed E-state index contributed by atoms with van der Waals surface area (Å²) in [5.74, 6) is 0. The van der Waals surface area contributed by atoms with Crippen LogP contribution in [0.5, 0.6) is 0 Å². The molecule has 1 heterocycles. The predicted octanol–water partition coefficient (Wildman–Crippen LogP) is 8.36. The molecule has 0 amide bonds. The standard InChI is InChI=1S/C25H20Cl4N2O/c1-14-6-4-7-15(12-14)16-10-11-17(20(28)13-16)22-21(29)24(25(2,3)32)30-31(22)23-18(26)8-5-9-19(23)27/h4-13,32H,1-3H3. The maximum Gasteiger partial charge on any atom is 0.113 e. The molecule has 1 aromatic heterocycles. The molecule has 0 radical (unpaired) electrons. The van der Waals surface area contributed by atoms with E-state index >= 15 is 0 Å². The lowest BCUT2D eigenvalue weighted by Gasteiger charge is -2.14. The fourth-order valence-electron chi connectivity index (χ4n) is 3.59. The minimum atomic E-state index is -1.29. The van der Waals surface area contributed by atoms with Gasteiger partial charge in [0.15, 0.2) is 0 Å². The van der Waals surface area contributed by atoms with Crippen molar-refractivity contribution >= 4 is 46.4 Å². The average Bonchev–Trinajstić information content (AvgIpc) is 3.05. The highest BCUT2D eigenvalue weighted by molar-refractivity contribution is 6.39. The number of nitrogens with zero attached hydrogens (tertiary/aromatic N) is 2. The molecule has 0 unspecified atom stereocenters. The molecule has 4 aromatic rings. The molecule has 164 valence electrons. The smallest absolute Gasteiger partial charge is 0.113 e. The summed E-state index contributed by atoms with van der Waals surface area (Å²) in [6, 6.07) is 19.1. The van der Waals surface area contributed by atoms with Gasteiger partial charge in [0.2, 0.25) is 0 Å². The van der Waals surface area contributed by atoms with Crippen molar-refractivity contribution in [1.82, 2.24) is 9.78 Å². The van der Waals surface area contributed by atoms with Crippen LogP contribution >= 0.6 is 46.4 Å². The van der Waals surface area contributed by atoms with Crippen molar-refractivity contribution in [2.24, 2.45) is 0 Å². The Hall–Kier alpha value is -2.01. The molecular weight excluding hydrogens is 486 g/mol. The third-order valence-corrected chi connectivity index (χ3v) is 6.41. The average molecular weight is 506 g/mol. The number of para-hydroxylation sites is 1. The Morgan fingerprint density at radius 3 is 2.03 bits per heavy atom. The zero-order valence-corrected chi connectivity index (χ0v) is 20.7. The van der Waals surface area contributed by atoms with Gasteiger partial charge >= 0.3 is 0 Å². The summed E-state index contributed by atoms with van der Waals surface area (Å²) in [6.45, 7) is 5.28. The summed E-state index contributed by atoms with van der Waals surface area (Å²) in [5, 5.41) is 16.8. The highest BCUT2D eigenvalue weighted by Gasteiger charge is 2.30. The van der Waals surface area contributed by atoms with Gasteiger partial charge in [-0.15, -0.1) is 0 Å². The summed E-state index contributed by atoms with van der Waals surface area (Å²) >= 11 is 26.5. The lowest BCUT2D eigenvalue weighted by atomic mass is 10.00. The molecule has 0 aliphatic carbocycles. The number of hydrogen-bond acceptors (Lipinski definition) is 2. The van der Waals surface area contributed by atoms with E-state index in [1.165, 1.54) is 0 Å². The first-order valence-corrected chi connectivity index (χ1v) is 11.4. The van der Waals surface area contributed by atoms with Gasteiger partial charge in [0.25, 0.3) is 0 Å². The largest absolute Gasteiger partial charge is 0.384 e. The van der Waals surface area contributed by atoms with Crippen molar-refractivity contribution in [2.75, 3.05) is 0 Å². The van der Waals surface area contributed by atoms with Crippen LogP contribution in [-0.4, -0.2) is 14.9 Å². The molecule has 7 heteroatoms. The van der Waals surface area contributed by atoms with Gasteiger partial charge in [-0.1, -0.05) is 94.4 Å². The van der Waals surface area contributed by atoms with Crippen molar-refractivity contribution in [3.05, 3.63) is 92.0 Å². The van der Waals surface area contributed by atoms with E-state index in [4.69, 9.17) is 46.4 Å². The van der Waals surface area contributed by atoms with Crippen LogP contribution in [0, 0.1) is 6.92 Å². The first-order valence-electron chi connectivity index (χ1n) is 9.90. The minimum absolute atomic E-state index is 0.277. The zero-order chi connectivity index (χ0) is 23.2. The molecule has 0 bridgehead atoms. The van der Waals surface area contributed by atoms with Crippen LogP contribution in [0.3, 0.4) is 0 Å². The van der Waals surface area contributed by atoms with Crippen molar-refractivity contribution in [3.8, 4) is 28.1 Å². The number of hydrogen-bond donors (Lipinski definition) is 1. The summed E-state index contributed by atoms with van der Waals surface area (Å²) in [4.78, 5) is 0. The second-order valence-electron chi connectivity index (χ2n) is 8.12. The van der Waals surface area contributed by atoms with Crippen LogP contribution < -0.4 is 0 Å². The zero-order valence-electron chi connectivity index (χ0n) is 17.6. The fourth-order valence-corrected chi connectivity index (χ4v) is 4.87. The Kier molecular flexibility index (Phi) is 6.32. The van der Waals surface area contributed by atoms with E-state index in [-0.39, 0.29) is 5.02 Å². The molecule has 0 spiro atoms. The van der Waals surface area contributed by atoms with E-state index in [2.05, 4.69) is 11.2 Å². The molecule has 0 aliphatic rings. The first kappa shape index (κ1) is 23.2. The quantitative estimate of drug-likeness (QED) is 0.302. The summed E-state index contributed by atoms with van der Waals surface area (Å²) < 4.78 is 1.55. The van der Waals surface area contributed by atoms with Gasteiger partial charge in [-0.25, -0.2) is 4.68 Å². The van der Waals surface area contributed by atoms with Gasteiger partial charge in [0, 0.05) is 5.56 Å². The number of rotatable bonds is 4. The molecule has 0 atom stereocenters. The number of halogens is 4. The lowest BCUT2D eigenvalue weighted by molar-refractivity contribution is 0.0735. The van der Waals surface area contributed by atoms with Gasteiger partial charge in [-0.3, -0.25) is 0 Å². The molecule has 0 aliphatic heterocycles. The molecule has 1 N–H and O–H groups in total. The molecule has 4 rings (SSSR count). The summed E-state index contributed by atoms with van der Waals surface area (Å²) in [5.41, 5.74) is 3.80. The second-order valence-corrected chi connectivity index (χ2v) is 9.72. The van der Waals surface area contributed by atoms with Crippen LogP contribution in [0.2, 0.25) is 20.1 Å². The number of aryl methyl sites for hydroxylation is 1. The van der Waals surface area contributed by atoms with Gasteiger partial charge in [-0.05, 0) is 50.1 Å². The number of aliphatic hydroxyl groups is 1. The van der Waals surface area contributed by atoms with Crippen LogP contribution in [0.4, 0.5) is 0 Å². The van der Waals surface area contributed by atoms with Crippen LogP contribution in [0.25, 0.3) is 28.1 Å². The SMILES string of the molecule is Cc1cccc(-c2ccc(-c3c(Cl)c(C(C)(C)O)nn3-c3c(Cl)cccc3Cl)c(Cl)c2)c1. The number of aromatic nitrogens is 2. The van der Waals surface area contributed by atoms with Gasteiger partial charge in [0.05, 0.1) is 25.8 Å². The highest BCUT2D eigenvalue weighted by atomic mass is 35.5. The molecule has 3 aromatic carbocycles. The summed E-state index contributed by atoms with van der Waals surface area (Å²) in [7, 11) is 0. The van der Waals surface area contributed by atoms with Gasteiger partial charge < -0.3 is 5.11 Å². The Bertz CT molecular complexity index is 1300. The maximum absolute atomic E-state index is 10.7. The molecule has 32 heavy (non-hydrogen) atoms. The highest BCUT2D eigenvalue weighted by Crippen LogP contribution is 2.43. The third-order valence-electron chi connectivity index (χ3n) is 5.13. The van der Waals surface area contributed by atoms with Crippen LogP contribution in [0.1, 0.15) is 25.1 Å². The van der Waals surface area contributed by atoms with E-state index in [1.807, 2.05) is 43.3 Å². The third kappa shape index (κ3) is 4.28. The van der Waals surface area contributed by atoms with Gasteiger partial charge in [0.1, 0.15) is 17.0 Å². The van der Waals surface area contributed by atoms with Gasteiger partial charge in [-0.2, -0.15) is 5.10 Å². The van der Waals surface area contributed by atoms with Crippen molar-refractivity contribution in [1.29, 1.82) is 0 Å². The van der Waals surface area contributed by atoms with Crippen molar-refractivity contribution in [2.45, 2.75) is 26.4 Å². The molecule has 0 saturated carbocycles. The monoisotopic (exact) mass is 504 g/mol. The molecule has 0 fully saturated rings. The Morgan fingerprint density at radius 1 is 0.812 bits per heavy atom. The van der Waals surface area contributed by atoms with Crippen molar-refractivity contribution < 1.29 is 5.11 Å². The fraction of sp³-hybridized carbons (Fsp3) is 0.160. The topological polar surface area (TPSA) is 38.1 Å². The first-order chi connectivity index (χ1) is 15.1. The normalized spacial score (nSPS) is 11.8. The molecule has 3 nitrogen and oxygen atoms in total. The second kappa shape index (κ2) is 8.74. The Morgan fingerprint density at radius 2 is 1.44 bits per heavy atom. The molecular formula is C25H20Cl4N2O. The Balaban J connectivity index is 1.96. The van der Waals surface area contributed by atoms with Crippen LogP contribution in [-0.2, 0) is 5.60 Å². The van der Waals surface area contributed by atoms with E-state index in [0.717, 1.165) is 16.7 Å². The lowest BCUT2D eigenvalue weighted by Crippen LogP contribution is -2.17. The van der Waals surface area contributed by atoms with Crippen molar-refractivity contribution in [3.63, 3.8) is 0 Å². The predicted molar refractivity (Wildman–Crippen MR) is 134 cm³/mol. The van der Waals surface area contributed by atoms with E-state index in [9.17, 15) is 5.11 Å². The van der Waals surface area contributed by atoms with E-state index < -0.39 is 5.60 Å². The number of benzene rings is 3.